The number of rotatable bonds is 4. The smallest absolute Gasteiger partial charge is 0.321 e. The molecule has 1 amide bonds. The lowest BCUT2D eigenvalue weighted by Gasteiger charge is -2.32. The lowest BCUT2D eigenvalue weighted by atomic mass is 10.0. The van der Waals surface area contributed by atoms with Gasteiger partial charge in [0.15, 0.2) is 6.10 Å². The van der Waals surface area contributed by atoms with Crippen LogP contribution >= 0.6 is 11.8 Å². The second kappa shape index (κ2) is 6.32. The molecule has 2 fully saturated rings. The van der Waals surface area contributed by atoms with E-state index in [0.717, 1.165) is 11.1 Å². The van der Waals surface area contributed by atoms with Crippen molar-refractivity contribution in [1.29, 1.82) is 0 Å². The highest BCUT2D eigenvalue weighted by Gasteiger charge is 2.48. The molecule has 4 rings (SSSR count). The number of amides is 1. The highest BCUT2D eigenvalue weighted by atomic mass is 32.2. The summed E-state index contributed by atoms with van der Waals surface area (Å²) in [6.07, 6.45) is 0.111. The molecule has 2 aromatic carbocycles. The van der Waals surface area contributed by atoms with E-state index in [2.05, 4.69) is 0 Å². The third-order valence-electron chi connectivity index (χ3n) is 4.40. The molecular formula is C19H17NO3S. The van der Waals surface area contributed by atoms with Crippen LogP contribution in [0.1, 0.15) is 23.7 Å². The van der Waals surface area contributed by atoms with Crippen LogP contribution in [0.15, 0.2) is 60.7 Å². The topological polar surface area (TPSA) is 46.6 Å². The first-order valence-corrected chi connectivity index (χ1v) is 8.92. The lowest BCUT2D eigenvalue weighted by molar-refractivity contribution is -0.148. The fraction of sp³-hybridized carbons (Fsp3) is 0.263. The summed E-state index contributed by atoms with van der Waals surface area (Å²) in [7, 11) is 0. The quantitative estimate of drug-likeness (QED) is 0.635. The number of carbonyl (C=O) groups excluding carboxylic acids is 2. The summed E-state index contributed by atoms with van der Waals surface area (Å²) in [5, 5.41) is -0.140. The zero-order valence-electron chi connectivity index (χ0n) is 13.0. The molecule has 0 saturated carbocycles. The van der Waals surface area contributed by atoms with Crippen molar-refractivity contribution in [1.82, 2.24) is 4.90 Å². The summed E-state index contributed by atoms with van der Waals surface area (Å²) < 4.78 is 5.87. The van der Waals surface area contributed by atoms with Crippen LogP contribution in [0.4, 0.5) is 0 Å². The van der Waals surface area contributed by atoms with E-state index in [1.54, 1.807) is 4.90 Å². The van der Waals surface area contributed by atoms with E-state index in [1.165, 1.54) is 11.8 Å². The number of hydrogen-bond acceptors (Lipinski definition) is 4. The molecule has 2 heterocycles. The molecule has 2 saturated heterocycles. The van der Waals surface area contributed by atoms with E-state index in [0.29, 0.717) is 13.0 Å². The highest BCUT2D eigenvalue weighted by Crippen LogP contribution is 2.41. The van der Waals surface area contributed by atoms with Gasteiger partial charge in [0.1, 0.15) is 5.25 Å². The third-order valence-corrected chi connectivity index (χ3v) is 5.81. The number of hydrogen-bond donors (Lipinski definition) is 0. The van der Waals surface area contributed by atoms with E-state index >= 15 is 0 Å². The summed E-state index contributed by atoms with van der Waals surface area (Å²) in [6.45, 7) is 0.462. The Balaban J connectivity index is 1.54. The first-order valence-electron chi connectivity index (χ1n) is 7.97. The number of thioether (sulfide) groups is 1. The maximum absolute atomic E-state index is 12.6. The molecule has 0 aliphatic carbocycles. The maximum atomic E-state index is 12.6. The fourth-order valence-corrected chi connectivity index (χ4v) is 4.47. The molecule has 2 aliphatic rings. The molecule has 2 aromatic rings. The van der Waals surface area contributed by atoms with Gasteiger partial charge in [-0.3, -0.25) is 9.59 Å². The number of ether oxygens (including phenoxy) is 1. The number of fused-ring (bicyclic) bond motifs is 1. The van der Waals surface area contributed by atoms with Crippen molar-refractivity contribution in [3.63, 3.8) is 0 Å². The Morgan fingerprint density at radius 1 is 1.04 bits per heavy atom. The molecule has 2 aliphatic heterocycles. The van der Waals surface area contributed by atoms with Crippen LogP contribution in [0, 0.1) is 0 Å². The molecule has 0 N–H and O–H groups in total. The van der Waals surface area contributed by atoms with Crippen LogP contribution in [-0.2, 0) is 14.3 Å². The van der Waals surface area contributed by atoms with Crippen molar-refractivity contribution in [3.8, 4) is 0 Å². The molecule has 0 aromatic heterocycles. The fourth-order valence-electron chi connectivity index (χ4n) is 3.08. The first-order chi connectivity index (χ1) is 11.7. The summed E-state index contributed by atoms with van der Waals surface area (Å²) in [5.74, 6) is -0.120. The van der Waals surface area contributed by atoms with Gasteiger partial charge in [0, 0.05) is 6.54 Å². The SMILES string of the molecule is O=C(OC(c1ccccc1)c1ccccc1)C1CN2C(=O)CC2S1. The van der Waals surface area contributed by atoms with Crippen molar-refractivity contribution in [2.75, 3.05) is 6.54 Å². The predicted octanol–water partition coefficient (Wildman–Crippen LogP) is 2.99. The van der Waals surface area contributed by atoms with Crippen LogP contribution in [0.2, 0.25) is 0 Å². The second-order valence-electron chi connectivity index (χ2n) is 5.97. The molecule has 24 heavy (non-hydrogen) atoms. The van der Waals surface area contributed by atoms with E-state index in [4.69, 9.17) is 4.74 Å². The normalized spacial score (nSPS) is 22.2. The zero-order chi connectivity index (χ0) is 16.5. The van der Waals surface area contributed by atoms with Crippen molar-refractivity contribution >= 4 is 23.6 Å². The third kappa shape index (κ3) is 2.80. The lowest BCUT2D eigenvalue weighted by Crippen LogP contribution is -2.47. The Labute approximate surface area is 144 Å². The molecule has 0 spiro atoms. The average Bonchev–Trinajstić information content (AvgIpc) is 2.98. The summed E-state index contributed by atoms with van der Waals surface area (Å²) in [5.41, 5.74) is 1.89. The van der Waals surface area contributed by atoms with E-state index in [-0.39, 0.29) is 22.5 Å². The van der Waals surface area contributed by atoms with Gasteiger partial charge in [-0.1, -0.05) is 60.7 Å². The average molecular weight is 339 g/mol. The van der Waals surface area contributed by atoms with Crippen LogP contribution < -0.4 is 0 Å². The van der Waals surface area contributed by atoms with Gasteiger partial charge in [-0.25, -0.2) is 0 Å². The Morgan fingerprint density at radius 3 is 2.12 bits per heavy atom. The van der Waals surface area contributed by atoms with Gasteiger partial charge in [-0.2, -0.15) is 0 Å². The molecule has 122 valence electrons. The maximum Gasteiger partial charge on any atom is 0.321 e. The Morgan fingerprint density at radius 2 is 1.62 bits per heavy atom. The Bertz CT molecular complexity index is 710. The van der Waals surface area contributed by atoms with Gasteiger partial charge in [0.05, 0.1) is 11.8 Å². The van der Waals surface area contributed by atoms with Crippen LogP contribution in [-0.4, -0.2) is 33.9 Å². The summed E-state index contributed by atoms with van der Waals surface area (Å²) in [4.78, 5) is 25.9. The van der Waals surface area contributed by atoms with Crippen LogP contribution in [0.3, 0.4) is 0 Å². The van der Waals surface area contributed by atoms with E-state index < -0.39 is 6.10 Å². The number of carbonyl (C=O) groups is 2. The predicted molar refractivity (Wildman–Crippen MR) is 92.3 cm³/mol. The molecule has 2 atom stereocenters. The van der Waals surface area contributed by atoms with E-state index in [9.17, 15) is 9.59 Å². The second-order valence-corrected chi connectivity index (χ2v) is 7.35. The molecule has 0 radical (unpaired) electrons. The van der Waals surface area contributed by atoms with Gasteiger partial charge >= 0.3 is 5.97 Å². The summed E-state index contributed by atoms with van der Waals surface area (Å²) >= 11 is 1.54. The number of β-lactam (4-membered cyclic amide) rings is 1. The zero-order valence-corrected chi connectivity index (χ0v) is 13.8. The van der Waals surface area contributed by atoms with Gasteiger partial charge in [0.2, 0.25) is 5.91 Å². The number of nitrogens with zero attached hydrogens (tertiary/aromatic N) is 1. The molecule has 4 nitrogen and oxygen atoms in total. The van der Waals surface area contributed by atoms with Gasteiger partial charge < -0.3 is 9.64 Å². The minimum atomic E-state index is -0.426. The highest BCUT2D eigenvalue weighted by molar-refractivity contribution is 8.01. The first kappa shape index (κ1) is 15.3. The van der Waals surface area contributed by atoms with Crippen LogP contribution in [0.25, 0.3) is 0 Å². The minimum Gasteiger partial charge on any atom is -0.452 e. The van der Waals surface area contributed by atoms with Gasteiger partial charge in [-0.05, 0) is 11.1 Å². The molecular weight excluding hydrogens is 322 g/mol. The van der Waals surface area contributed by atoms with Crippen molar-refractivity contribution < 1.29 is 14.3 Å². The Kier molecular flexibility index (Phi) is 4.02. The Hall–Kier alpha value is -2.27. The van der Waals surface area contributed by atoms with Gasteiger partial charge in [0.25, 0.3) is 0 Å². The number of esters is 1. The minimum absolute atomic E-state index is 0.130. The monoisotopic (exact) mass is 339 g/mol. The number of benzene rings is 2. The van der Waals surface area contributed by atoms with Crippen molar-refractivity contribution in [3.05, 3.63) is 71.8 Å². The standard InChI is InChI=1S/C19H17NO3S/c21-16-11-17-20(16)12-15(24-17)19(22)23-18(13-7-3-1-4-8-13)14-9-5-2-6-10-14/h1-10,15,17-18H,11-12H2. The molecule has 2 unspecified atom stereocenters. The van der Waals surface area contributed by atoms with Crippen molar-refractivity contribution in [2.45, 2.75) is 23.1 Å². The van der Waals surface area contributed by atoms with Crippen LogP contribution in [0.5, 0.6) is 0 Å². The van der Waals surface area contributed by atoms with Gasteiger partial charge in [-0.15, -0.1) is 11.8 Å². The molecule has 5 heteroatoms. The van der Waals surface area contributed by atoms with E-state index in [1.807, 2.05) is 60.7 Å². The summed E-state index contributed by atoms with van der Waals surface area (Å²) in [6, 6.07) is 19.5. The molecule has 0 bridgehead atoms. The largest absolute Gasteiger partial charge is 0.452 e. The van der Waals surface area contributed by atoms with Crippen molar-refractivity contribution in [2.24, 2.45) is 0 Å².